The lowest BCUT2D eigenvalue weighted by Crippen LogP contribution is -2.13. The zero-order valence-electron chi connectivity index (χ0n) is 2.96. The molecule has 0 aliphatic rings. The van der Waals surface area contributed by atoms with Gasteiger partial charge in [-0.15, -0.1) is 0 Å². The van der Waals surface area contributed by atoms with Gasteiger partial charge in [0.1, 0.15) is 0 Å². The monoisotopic (exact) mass is 181 g/mol. The summed E-state index contributed by atoms with van der Waals surface area (Å²) in [5.41, 5.74) is 0. The summed E-state index contributed by atoms with van der Waals surface area (Å²) < 4.78 is -2.11. The summed E-state index contributed by atoms with van der Waals surface area (Å²) in [7, 11) is 0. The molecule has 0 aromatic carbocycles. The molecule has 7 heavy (non-hydrogen) atoms. The highest BCUT2D eigenvalue weighted by Crippen LogP contribution is 2.34. The van der Waals surface area contributed by atoms with Gasteiger partial charge in [0, 0.05) is 0 Å². The molecule has 0 unspecified atom stereocenters. The smallest absolute Gasteiger partial charge is 0.251 e. The van der Waals surface area contributed by atoms with E-state index in [1.165, 1.54) is 0 Å². The maximum atomic E-state index is 8.32. The first-order valence-electron chi connectivity index (χ1n) is 1.23. The van der Waals surface area contributed by atoms with Gasteiger partial charge in [-0.2, -0.15) is 0 Å². The van der Waals surface area contributed by atoms with Crippen molar-refractivity contribution in [2.45, 2.75) is 4.52 Å². The van der Waals surface area contributed by atoms with Crippen LogP contribution in [0.5, 0.6) is 0 Å². The highest BCUT2D eigenvalue weighted by atomic mass is 35.5. The lowest BCUT2D eigenvalue weighted by Gasteiger charge is -2.09. The molecule has 0 aliphatic carbocycles. The SMILES string of the molecule is OC(Cl)(Cl)[C](Cl)Cl. The molecule has 0 amide bonds. The fourth-order valence-corrected chi connectivity index (χ4v) is 0. The Morgan fingerprint density at radius 2 is 1.43 bits per heavy atom. The zero-order valence-corrected chi connectivity index (χ0v) is 5.98. The number of aliphatic hydroxyl groups is 1. The number of hydrogen-bond acceptors (Lipinski definition) is 1. The third-order valence-electron chi connectivity index (χ3n) is 0.227. The molecule has 0 saturated carbocycles. The summed E-state index contributed by atoms with van der Waals surface area (Å²) in [6.07, 6.45) is 0. The normalized spacial score (nSPS) is 12.9. The van der Waals surface area contributed by atoms with Crippen LogP contribution < -0.4 is 0 Å². The summed E-state index contributed by atoms with van der Waals surface area (Å²) in [5.74, 6) is 0. The van der Waals surface area contributed by atoms with Gasteiger partial charge in [0.15, 0.2) is 0 Å². The summed E-state index contributed by atoms with van der Waals surface area (Å²) in [6, 6.07) is 0. The van der Waals surface area contributed by atoms with E-state index in [0.29, 0.717) is 0 Å². The minimum atomic E-state index is -2.11. The molecule has 0 atom stereocenters. The molecule has 1 nitrogen and oxygen atoms in total. The van der Waals surface area contributed by atoms with Crippen molar-refractivity contribution in [1.29, 1.82) is 0 Å². The first kappa shape index (κ1) is 8.12. The summed E-state index contributed by atoms with van der Waals surface area (Å²) in [4.78, 5) is -0.476. The second-order valence-corrected chi connectivity index (χ2v) is 3.04. The summed E-state index contributed by atoms with van der Waals surface area (Å²) in [5, 5.41) is 8.32. The minimum Gasteiger partial charge on any atom is -0.360 e. The first-order chi connectivity index (χ1) is 2.94. The van der Waals surface area contributed by atoms with E-state index in [4.69, 9.17) is 51.5 Å². The first-order valence-corrected chi connectivity index (χ1v) is 2.74. The van der Waals surface area contributed by atoms with Gasteiger partial charge >= 0.3 is 0 Å². The Labute approximate surface area is 61.1 Å². The predicted octanol–water partition coefficient (Wildman–Crippen LogP) is 2.08. The summed E-state index contributed by atoms with van der Waals surface area (Å²) >= 11 is 19.6. The Bertz CT molecular complexity index is 55.2. The maximum Gasteiger partial charge on any atom is 0.251 e. The lowest BCUT2D eigenvalue weighted by molar-refractivity contribution is 0.251. The maximum absolute atomic E-state index is 8.32. The van der Waals surface area contributed by atoms with Crippen molar-refractivity contribution in [2.75, 3.05) is 0 Å². The molecule has 0 heterocycles. The average molecular weight is 183 g/mol. The van der Waals surface area contributed by atoms with Crippen molar-refractivity contribution in [3.05, 3.63) is 4.84 Å². The van der Waals surface area contributed by atoms with E-state index in [2.05, 4.69) is 0 Å². The molecular formula is C2HCl4O. The topological polar surface area (TPSA) is 20.2 Å². The Balaban J connectivity index is 3.54. The Morgan fingerprint density at radius 1 is 1.29 bits per heavy atom. The van der Waals surface area contributed by atoms with E-state index >= 15 is 0 Å². The Hall–Kier alpha value is 1.12. The molecule has 0 aromatic rings. The van der Waals surface area contributed by atoms with E-state index in [1.807, 2.05) is 0 Å². The predicted molar refractivity (Wildman–Crippen MR) is 31.6 cm³/mol. The van der Waals surface area contributed by atoms with Crippen molar-refractivity contribution in [3.63, 3.8) is 0 Å². The van der Waals surface area contributed by atoms with Gasteiger partial charge in [-0.25, -0.2) is 0 Å². The standard InChI is InChI=1S/C2HCl4O/c3-1(4)2(5,6)7/h7H. The second-order valence-electron chi connectivity index (χ2n) is 0.802. The molecule has 0 aromatic heterocycles. The zero-order chi connectivity index (χ0) is 6.08. The minimum absolute atomic E-state index is 0.476. The fourth-order valence-electron chi connectivity index (χ4n) is 0. The van der Waals surface area contributed by atoms with Gasteiger partial charge in [-0.3, -0.25) is 0 Å². The van der Waals surface area contributed by atoms with Crippen LogP contribution in [0.15, 0.2) is 0 Å². The van der Waals surface area contributed by atoms with Crippen LogP contribution in [-0.2, 0) is 0 Å². The number of alkyl halides is 2. The van der Waals surface area contributed by atoms with E-state index in [-0.39, 0.29) is 0 Å². The molecule has 1 radical (unpaired) electrons. The van der Waals surface area contributed by atoms with Crippen LogP contribution in [0.25, 0.3) is 0 Å². The van der Waals surface area contributed by atoms with Crippen LogP contribution >= 0.6 is 46.4 Å². The van der Waals surface area contributed by atoms with Crippen LogP contribution in [0, 0.1) is 4.84 Å². The third kappa shape index (κ3) is 3.68. The van der Waals surface area contributed by atoms with Crippen LogP contribution in [0.2, 0.25) is 0 Å². The van der Waals surface area contributed by atoms with E-state index < -0.39 is 9.36 Å². The Morgan fingerprint density at radius 3 is 1.43 bits per heavy atom. The van der Waals surface area contributed by atoms with Crippen molar-refractivity contribution < 1.29 is 5.11 Å². The molecule has 5 heteroatoms. The molecule has 0 rings (SSSR count). The molecule has 1 N–H and O–H groups in total. The second kappa shape index (κ2) is 2.60. The largest absolute Gasteiger partial charge is 0.360 e. The van der Waals surface area contributed by atoms with Crippen LogP contribution in [0.4, 0.5) is 0 Å². The van der Waals surface area contributed by atoms with Crippen molar-refractivity contribution in [3.8, 4) is 0 Å². The fraction of sp³-hybridized carbons (Fsp3) is 0.500. The lowest BCUT2D eigenvalue weighted by atomic mass is 10.8. The van der Waals surface area contributed by atoms with E-state index in [1.54, 1.807) is 0 Å². The van der Waals surface area contributed by atoms with Crippen molar-refractivity contribution >= 4 is 46.4 Å². The van der Waals surface area contributed by atoms with Gasteiger partial charge < -0.3 is 5.11 Å². The van der Waals surface area contributed by atoms with Crippen LogP contribution in [0.1, 0.15) is 0 Å². The molecule has 0 bridgehead atoms. The number of halogens is 4. The van der Waals surface area contributed by atoms with Gasteiger partial charge in [-0.05, 0) is 0 Å². The molecular weight excluding hydrogens is 182 g/mol. The molecule has 0 fully saturated rings. The highest BCUT2D eigenvalue weighted by molar-refractivity contribution is 6.64. The average Bonchev–Trinajstić information content (AvgIpc) is 1.31. The van der Waals surface area contributed by atoms with E-state index in [9.17, 15) is 0 Å². The molecule has 0 aliphatic heterocycles. The van der Waals surface area contributed by atoms with Crippen LogP contribution in [0.3, 0.4) is 0 Å². The molecule has 43 valence electrons. The van der Waals surface area contributed by atoms with Crippen LogP contribution in [-0.4, -0.2) is 9.63 Å². The van der Waals surface area contributed by atoms with Gasteiger partial charge in [-0.1, -0.05) is 46.4 Å². The summed E-state index contributed by atoms with van der Waals surface area (Å²) in [6.45, 7) is 0. The molecule has 0 spiro atoms. The third-order valence-corrected chi connectivity index (χ3v) is 1.54. The van der Waals surface area contributed by atoms with Crippen molar-refractivity contribution in [1.82, 2.24) is 0 Å². The Kier molecular flexibility index (Phi) is 3.02. The van der Waals surface area contributed by atoms with Gasteiger partial charge in [0.05, 0.1) is 0 Å². The molecule has 0 saturated heterocycles. The quantitative estimate of drug-likeness (QED) is 0.616. The highest BCUT2D eigenvalue weighted by Gasteiger charge is 2.29. The van der Waals surface area contributed by atoms with Gasteiger partial charge in [0.2, 0.25) is 4.84 Å². The van der Waals surface area contributed by atoms with E-state index in [0.717, 1.165) is 0 Å². The number of rotatable bonds is 1. The number of hydrogen-bond donors (Lipinski definition) is 1. The van der Waals surface area contributed by atoms with Crippen molar-refractivity contribution in [2.24, 2.45) is 0 Å². The van der Waals surface area contributed by atoms with Gasteiger partial charge in [0.25, 0.3) is 4.52 Å².